The maximum atomic E-state index is 8.82. The zero-order valence-electron chi connectivity index (χ0n) is 7.34. The van der Waals surface area contributed by atoms with E-state index < -0.39 is 0 Å². The zero-order chi connectivity index (χ0) is 8.32. The zero-order valence-corrected chi connectivity index (χ0v) is 7.34. The number of aliphatic hydroxyl groups is 1. The topological polar surface area (TPSA) is 46.2 Å². The molecule has 0 radical (unpaired) electrons. The van der Waals surface area contributed by atoms with Gasteiger partial charge in [0.2, 0.25) is 0 Å². The van der Waals surface area contributed by atoms with E-state index >= 15 is 0 Å². The van der Waals surface area contributed by atoms with Gasteiger partial charge < -0.3 is 10.8 Å². The first-order chi connectivity index (χ1) is 5.19. The van der Waals surface area contributed by atoms with Crippen molar-refractivity contribution in [2.75, 3.05) is 6.61 Å². The van der Waals surface area contributed by atoms with Gasteiger partial charge in [-0.2, -0.15) is 0 Å². The highest BCUT2D eigenvalue weighted by molar-refractivity contribution is 4.91. The summed E-state index contributed by atoms with van der Waals surface area (Å²) < 4.78 is 0. The van der Waals surface area contributed by atoms with E-state index in [1.807, 2.05) is 0 Å². The van der Waals surface area contributed by atoms with Crippen LogP contribution in [0.25, 0.3) is 0 Å². The average Bonchev–Trinajstić information content (AvgIpc) is 1.96. The van der Waals surface area contributed by atoms with Gasteiger partial charge in [0.15, 0.2) is 0 Å². The Balaban J connectivity index is 2.49. The van der Waals surface area contributed by atoms with E-state index in [4.69, 9.17) is 10.8 Å². The number of nitrogens with two attached hydrogens (primary N) is 1. The minimum Gasteiger partial charge on any atom is -0.396 e. The Bertz CT molecular complexity index is 123. The van der Waals surface area contributed by atoms with E-state index in [1.165, 1.54) is 19.3 Å². The molecule has 1 rings (SSSR count). The molecule has 66 valence electrons. The summed E-state index contributed by atoms with van der Waals surface area (Å²) in [5.41, 5.74) is 6.09. The third kappa shape index (κ3) is 1.94. The van der Waals surface area contributed by atoms with Crippen LogP contribution in [0, 0.1) is 5.92 Å². The predicted octanol–water partition coefficient (Wildman–Crippen LogP) is 1.28. The monoisotopic (exact) mass is 157 g/mol. The van der Waals surface area contributed by atoms with Crippen LogP contribution < -0.4 is 5.73 Å². The Morgan fingerprint density at radius 1 is 1.55 bits per heavy atom. The number of aliphatic hydroxyl groups excluding tert-OH is 1. The van der Waals surface area contributed by atoms with Gasteiger partial charge in [0.25, 0.3) is 0 Å². The molecule has 0 bridgehead atoms. The maximum Gasteiger partial charge on any atom is 0.0448 e. The fourth-order valence-corrected chi connectivity index (χ4v) is 2.02. The van der Waals surface area contributed by atoms with Gasteiger partial charge in [0.1, 0.15) is 0 Å². The lowest BCUT2D eigenvalue weighted by atomic mass is 9.73. The molecule has 2 unspecified atom stereocenters. The molecule has 1 aliphatic carbocycles. The molecule has 0 aromatic rings. The van der Waals surface area contributed by atoms with Crippen molar-refractivity contribution < 1.29 is 5.11 Å². The third-order valence-electron chi connectivity index (χ3n) is 3.09. The van der Waals surface area contributed by atoms with Gasteiger partial charge >= 0.3 is 0 Å². The maximum absolute atomic E-state index is 8.82. The normalized spacial score (nSPS) is 39.0. The summed E-state index contributed by atoms with van der Waals surface area (Å²) in [4.78, 5) is 0. The highest BCUT2D eigenvalue weighted by Crippen LogP contribution is 2.33. The van der Waals surface area contributed by atoms with Gasteiger partial charge in [-0.1, -0.05) is 19.8 Å². The first kappa shape index (κ1) is 9.01. The standard InChI is InChI=1S/C9H19NO/c1-8-4-2-3-5-9(8,10)6-7-11/h8,11H,2-7,10H2,1H3. The van der Waals surface area contributed by atoms with E-state index in [-0.39, 0.29) is 12.1 Å². The average molecular weight is 157 g/mol. The van der Waals surface area contributed by atoms with Crippen LogP contribution in [-0.2, 0) is 0 Å². The van der Waals surface area contributed by atoms with Crippen LogP contribution in [0.5, 0.6) is 0 Å². The van der Waals surface area contributed by atoms with Crippen molar-refractivity contribution in [3.05, 3.63) is 0 Å². The Morgan fingerprint density at radius 3 is 2.82 bits per heavy atom. The molecule has 0 aromatic heterocycles. The molecule has 0 aromatic carbocycles. The smallest absolute Gasteiger partial charge is 0.0448 e. The van der Waals surface area contributed by atoms with Crippen LogP contribution in [0.4, 0.5) is 0 Å². The SMILES string of the molecule is CC1CCCCC1(N)CCO. The predicted molar refractivity (Wildman–Crippen MR) is 46.3 cm³/mol. The van der Waals surface area contributed by atoms with E-state index in [0.717, 1.165) is 12.8 Å². The first-order valence-electron chi connectivity index (χ1n) is 4.59. The molecule has 11 heavy (non-hydrogen) atoms. The molecule has 2 heteroatoms. The molecule has 3 N–H and O–H groups in total. The van der Waals surface area contributed by atoms with Crippen LogP contribution in [0.15, 0.2) is 0 Å². The molecular weight excluding hydrogens is 138 g/mol. The van der Waals surface area contributed by atoms with Crippen molar-refractivity contribution in [2.45, 2.75) is 44.6 Å². The Labute approximate surface area is 68.8 Å². The van der Waals surface area contributed by atoms with Gasteiger partial charge in [-0.05, 0) is 25.2 Å². The van der Waals surface area contributed by atoms with E-state index in [0.29, 0.717) is 5.92 Å². The van der Waals surface area contributed by atoms with Crippen LogP contribution in [-0.4, -0.2) is 17.3 Å². The first-order valence-corrected chi connectivity index (χ1v) is 4.59. The number of hydrogen-bond donors (Lipinski definition) is 2. The number of hydrogen-bond acceptors (Lipinski definition) is 2. The lowest BCUT2D eigenvalue weighted by Crippen LogP contribution is -2.48. The second-order valence-electron chi connectivity index (χ2n) is 3.85. The highest BCUT2D eigenvalue weighted by Gasteiger charge is 2.33. The molecular formula is C9H19NO. The third-order valence-corrected chi connectivity index (χ3v) is 3.09. The summed E-state index contributed by atoms with van der Waals surface area (Å²) in [5.74, 6) is 0.586. The molecule has 0 amide bonds. The van der Waals surface area contributed by atoms with Crippen molar-refractivity contribution in [3.8, 4) is 0 Å². The molecule has 1 fully saturated rings. The Hall–Kier alpha value is -0.0800. The minimum absolute atomic E-state index is 0.0625. The summed E-state index contributed by atoms with van der Waals surface area (Å²) in [5, 5.41) is 8.82. The molecule has 1 aliphatic rings. The summed E-state index contributed by atoms with van der Waals surface area (Å²) in [7, 11) is 0. The molecule has 0 heterocycles. The van der Waals surface area contributed by atoms with Gasteiger partial charge in [-0.25, -0.2) is 0 Å². The van der Waals surface area contributed by atoms with Gasteiger partial charge in [-0.3, -0.25) is 0 Å². The Morgan fingerprint density at radius 2 is 2.27 bits per heavy atom. The largest absolute Gasteiger partial charge is 0.396 e. The van der Waals surface area contributed by atoms with E-state index in [9.17, 15) is 0 Å². The lowest BCUT2D eigenvalue weighted by molar-refractivity contribution is 0.151. The van der Waals surface area contributed by atoms with E-state index in [1.54, 1.807) is 0 Å². The van der Waals surface area contributed by atoms with Crippen LogP contribution in [0.2, 0.25) is 0 Å². The fourth-order valence-electron chi connectivity index (χ4n) is 2.02. The summed E-state index contributed by atoms with van der Waals surface area (Å²) in [6.07, 6.45) is 5.64. The van der Waals surface area contributed by atoms with Crippen molar-refractivity contribution in [1.82, 2.24) is 0 Å². The van der Waals surface area contributed by atoms with Crippen LogP contribution >= 0.6 is 0 Å². The van der Waals surface area contributed by atoms with Crippen LogP contribution in [0.1, 0.15) is 39.0 Å². The molecule has 1 saturated carbocycles. The fraction of sp³-hybridized carbons (Fsp3) is 1.00. The van der Waals surface area contributed by atoms with Crippen LogP contribution in [0.3, 0.4) is 0 Å². The molecule has 2 nitrogen and oxygen atoms in total. The second kappa shape index (κ2) is 3.55. The highest BCUT2D eigenvalue weighted by atomic mass is 16.3. The molecule has 0 spiro atoms. The van der Waals surface area contributed by atoms with E-state index in [2.05, 4.69) is 6.92 Å². The van der Waals surface area contributed by atoms with Crippen molar-refractivity contribution in [2.24, 2.45) is 11.7 Å². The van der Waals surface area contributed by atoms with Crippen molar-refractivity contribution in [3.63, 3.8) is 0 Å². The summed E-state index contributed by atoms with van der Waals surface area (Å²) in [6, 6.07) is 0. The van der Waals surface area contributed by atoms with Gasteiger partial charge in [0.05, 0.1) is 0 Å². The van der Waals surface area contributed by atoms with Crippen molar-refractivity contribution in [1.29, 1.82) is 0 Å². The summed E-state index contributed by atoms with van der Waals surface area (Å²) >= 11 is 0. The van der Waals surface area contributed by atoms with Gasteiger partial charge in [0, 0.05) is 12.1 Å². The van der Waals surface area contributed by atoms with Crippen molar-refractivity contribution >= 4 is 0 Å². The summed E-state index contributed by atoms with van der Waals surface area (Å²) in [6.45, 7) is 2.44. The van der Waals surface area contributed by atoms with Gasteiger partial charge in [-0.15, -0.1) is 0 Å². The molecule has 2 atom stereocenters. The minimum atomic E-state index is -0.0625. The second-order valence-corrected chi connectivity index (χ2v) is 3.85. The molecule has 0 aliphatic heterocycles. The molecule has 0 saturated heterocycles. The number of rotatable bonds is 2. The lowest BCUT2D eigenvalue weighted by Gasteiger charge is -2.39. The quantitative estimate of drug-likeness (QED) is 0.634. The Kier molecular flexibility index (Phi) is 2.90.